The number of nitrogens with one attached hydrogen (secondary N) is 1. The van der Waals surface area contributed by atoms with E-state index >= 15 is 0 Å². The molecule has 1 aromatic carbocycles. The molecule has 0 aromatic heterocycles. The summed E-state index contributed by atoms with van der Waals surface area (Å²) in [6.07, 6.45) is 1.09. The molecule has 1 fully saturated rings. The van der Waals surface area contributed by atoms with Gasteiger partial charge in [-0.2, -0.15) is 0 Å². The maximum absolute atomic E-state index is 12.6. The number of halogens is 1. The van der Waals surface area contributed by atoms with Gasteiger partial charge in [-0.25, -0.2) is 4.79 Å². The smallest absolute Gasteiger partial charge is 0.410 e. The molecular formula is C18H25ClN2O4. The second-order valence-corrected chi connectivity index (χ2v) is 7.54. The number of rotatable bonds is 3. The highest BCUT2D eigenvalue weighted by molar-refractivity contribution is 6.31. The summed E-state index contributed by atoms with van der Waals surface area (Å²) in [4.78, 5) is 26.4. The van der Waals surface area contributed by atoms with Crippen LogP contribution in [0.25, 0.3) is 0 Å². The van der Waals surface area contributed by atoms with Crippen LogP contribution in [0.2, 0.25) is 5.02 Å². The zero-order valence-electron chi connectivity index (χ0n) is 15.1. The third-order valence-electron chi connectivity index (χ3n) is 3.86. The van der Waals surface area contributed by atoms with Crippen molar-refractivity contribution in [2.45, 2.75) is 39.2 Å². The second kappa shape index (κ2) is 7.95. The van der Waals surface area contributed by atoms with Crippen LogP contribution in [0, 0.1) is 5.92 Å². The summed E-state index contributed by atoms with van der Waals surface area (Å²) in [5, 5.41) is 3.36. The fraction of sp³-hybridized carbons (Fsp3) is 0.556. The molecule has 0 aliphatic carbocycles. The number of methoxy groups -OCH3 is 1. The van der Waals surface area contributed by atoms with Crippen LogP contribution in [0.3, 0.4) is 0 Å². The normalized spacial score (nSPS) is 17.8. The molecule has 6 nitrogen and oxygen atoms in total. The first-order chi connectivity index (χ1) is 11.7. The first-order valence-corrected chi connectivity index (χ1v) is 8.70. The maximum Gasteiger partial charge on any atom is 0.410 e. The van der Waals surface area contributed by atoms with Gasteiger partial charge in [0.05, 0.1) is 18.7 Å². The molecule has 2 amide bonds. The summed E-state index contributed by atoms with van der Waals surface area (Å²) in [6.45, 7) is 6.40. The predicted octanol–water partition coefficient (Wildman–Crippen LogP) is 3.93. The number of amides is 2. The van der Waals surface area contributed by atoms with E-state index in [1.165, 1.54) is 7.11 Å². The van der Waals surface area contributed by atoms with Crippen molar-refractivity contribution < 1.29 is 19.1 Å². The number of carbonyl (C=O) groups excluding carboxylic acids is 2. The van der Waals surface area contributed by atoms with Gasteiger partial charge >= 0.3 is 6.09 Å². The Bertz CT molecular complexity index is 642. The number of piperidine rings is 1. The minimum Gasteiger partial charge on any atom is -0.495 e. The monoisotopic (exact) mass is 368 g/mol. The van der Waals surface area contributed by atoms with E-state index in [0.717, 1.165) is 6.42 Å². The van der Waals surface area contributed by atoms with Crippen molar-refractivity contribution in [3.8, 4) is 5.75 Å². The molecule has 1 atom stereocenters. The molecule has 138 valence electrons. The van der Waals surface area contributed by atoms with Crippen LogP contribution in [0.1, 0.15) is 33.6 Å². The summed E-state index contributed by atoms with van der Waals surface area (Å²) in [5.41, 5.74) is -0.0325. The van der Waals surface area contributed by atoms with E-state index in [0.29, 0.717) is 36.0 Å². The van der Waals surface area contributed by atoms with Crippen molar-refractivity contribution in [1.82, 2.24) is 4.90 Å². The fourth-order valence-corrected chi connectivity index (χ4v) is 2.87. The number of likely N-dealkylation sites (tertiary alicyclic amines) is 1. The molecule has 1 unspecified atom stereocenters. The molecule has 1 N–H and O–H groups in total. The standard InChI is InChI=1S/C18H25ClN2O4/c1-18(2,3)25-17(23)21-9-5-6-12(11-21)16(22)20-14-10-13(19)7-8-15(14)24-4/h7-8,10,12H,5-6,9,11H2,1-4H3,(H,20,22). The average molecular weight is 369 g/mol. The van der Waals surface area contributed by atoms with Gasteiger partial charge < -0.3 is 19.7 Å². The third kappa shape index (κ3) is 5.53. The molecule has 7 heteroatoms. The highest BCUT2D eigenvalue weighted by atomic mass is 35.5. The molecular weight excluding hydrogens is 344 g/mol. The number of anilines is 1. The van der Waals surface area contributed by atoms with Gasteiger partial charge in [0.15, 0.2) is 0 Å². The molecule has 0 bridgehead atoms. The van der Waals surface area contributed by atoms with Gasteiger partial charge in [-0.1, -0.05) is 11.6 Å². The number of nitrogens with zero attached hydrogens (tertiary/aromatic N) is 1. The Hall–Kier alpha value is -1.95. The molecule has 0 radical (unpaired) electrons. The van der Waals surface area contributed by atoms with Crippen LogP contribution >= 0.6 is 11.6 Å². The van der Waals surface area contributed by atoms with Crippen molar-refractivity contribution >= 4 is 29.3 Å². The van der Waals surface area contributed by atoms with Crippen LogP contribution < -0.4 is 10.1 Å². The van der Waals surface area contributed by atoms with Crippen LogP contribution in [-0.2, 0) is 9.53 Å². The van der Waals surface area contributed by atoms with Gasteiger partial charge in [-0.05, 0) is 51.8 Å². The number of carbonyl (C=O) groups is 2. The average Bonchev–Trinajstić information content (AvgIpc) is 2.53. The summed E-state index contributed by atoms with van der Waals surface area (Å²) in [5.74, 6) is 0.0799. The molecule has 1 aliphatic rings. The molecule has 25 heavy (non-hydrogen) atoms. The summed E-state index contributed by atoms with van der Waals surface area (Å²) < 4.78 is 10.6. The predicted molar refractivity (Wildman–Crippen MR) is 97.2 cm³/mol. The van der Waals surface area contributed by atoms with E-state index in [1.54, 1.807) is 23.1 Å². The number of hydrogen-bond donors (Lipinski definition) is 1. The quantitative estimate of drug-likeness (QED) is 0.877. The zero-order chi connectivity index (χ0) is 18.6. The highest BCUT2D eigenvalue weighted by Gasteiger charge is 2.31. The van der Waals surface area contributed by atoms with Gasteiger partial charge in [0, 0.05) is 18.1 Å². The van der Waals surface area contributed by atoms with E-state index in [4.69, 9.17) is 21.1 Å². The molecule has 1 aromatic rings. The van der Waals surface area contributed by atoms with E-state index in [2.05, 4.69) is 5.32 Å². The number of hydrogen-bond acceptors (Lipinski definition) is 4. The van der Waals surface area contributed by atoms with Crippen LogP contribution in [0.4, 0.5) is 10.5 Å². The summed E-state index contributed by atoms with van der Waals surface area (Å²) in [7, 11) is 1.53. The minimum absolute atomic E-state index is 0.158. The first-order valence-electron chi connectivity index (χ1n) is 8.32. The largest absolute Gasteiger partial charge is 0.495 e. The molecule has 2 rings (SSSR count). The molecule has 1 heterocycles. The van der Waals surface area contributed by atoms with Crippen molar-refractivity contribution in [3.63, 3.8) is 0 Å². The SMILES string of the molecule is COc1ccc(Cl)cc1NC(=O)C1CCCN(C(=O)OC(C)(C)C)C1. The second-order valence-electron chi connectivity index (χ2n) is 7.10. The van der Waals surface area contributed by atoms with Gasteiger partial charge in [-0.3, -0.25) is 4.79 Å². The van der Waals surface area contributed by atoms with Gasteiger partial charge in [0.1, 0.15) is 11.4 Å². The lowest BCUT2D eigenvalue weighted by atomic mass is 9.97. The Kier molecular flexibility index (Phi) is 6.16. The Morgan fingerprint density at radius 2 is 2.04 bits per heavy atom. The van der Waals surface area contributed by atoms with Crippen LogP contribution in [0.5, 0.6) is 5.75 Å². The Balaban J connectivity index is 2.02. The van der Waals surface area contributed by atoms with Crippen molar-refractivity contribution in [3.05, 3.63) is 23.2 Å². The van der Waals surface area contributed by atoms with Gasteiger partial charge in [0.2, 0.25) is 5.91 Å². The molecule has 1 aliphatic heterocycles. The fourth-order valence-electron chi connectivity index (χ4n) is 2.70. The lowest BCUT2D eigenvalue weighted by Crippen LogP contribution is -2.45. The van der Waals surface area contributed by atoms with Gasteiger partial charge in [-0.15, -0.1) is 0 Å². The third-order valence-corrected chi connectivity index (χ3v) is 4.10. The summed E-state index contributed by atoms with van der Waals surface area (Å²) in [6, 6.07) is 5.04. The first kappa shape index (κ1) is 19.4. The molecule has 0 spiro atoms. The number of ether oxygens (including phenoxy) is 2. The van der Waals surface area contributed by atoms with Crippen LogP contribution in [0.15, 0.2) is 18.2 Å². The van der Waals surface area contributed by atoms with E-state index in [1.807, 2.05) is 20.8 Å². The van der Waals surface area contributed by atoms with Crippen molar-refractivity contribution in [2.75, 3.05) is 25.5 Å². The minimum atomic E-state index is -0.555. The Morgan fingerprint density at radius 3 is 2.68 bits per heavy atom. The molecule has 0 saturated carbocycles. The zero-order valence-corrected chi connectivity index (χ0v) is 15.9. The summed E-state index contributed by atoms with van der Waals surface area (Å²) >= 11 is 5.99. The Morgan fingerprint density at radius 1 is 1.32 bits per heavy atom. The maximum atomic E-state index is 12.6. The number of benzene rings is 1. The molecule has 1 saturated heterocycles. The van der Waals surface area contributed by atoms with Crippen LogP contribution in [-0.4, -0.2) is 42.7 Å². The van der Waals surface area contributed by atoms with E-state index in [-0.39, 0.29) is 17.9 Å². The van der Waals surface area contributed by atoms with Gasteiger partial charge in [0.25, 0.3) is 0 Å². The van der Waals surface area contributed by atoms with Crippen molar-refractivity contribution in [1.29, 1.82) is 0 Å². The van der Waals surface area contributed by atoms with Crippen molar-refractivity contribution in [2.24, 2.45) is 5.92 Å². The lowest BCUT2D eigenvalue weighted by Gasteiger charge is -2.33. The van der Waals surface area contributed by atoms with E-state index < -0.39 is 5.60 Å². The highest BCUT2D eigenvalue weighted by Crippen LogP contribution is 2.29. The lowest BCUT2D eigenvalue weighted by molar-refractivity contribution is -0.121. The Labute approximate surface area is 153 Å². The topological polar surface area (TPSA) is 67.9 Å². The van der Waals surface area contributed by atoms with E-state index in [9.17, 15) is 9.59 Å².